The summed E-state index contributed by atoms with van der Waals surface area (Å²) in [7, 11) is 16.8. The molecule has 0 aliphatic rings. The molecule has 0 saturated carbocycles. The van der Waals surface area contributed by atoms with Gasteiger partial charge in [0.1, 0.15) is 57.5 Å². The first kappa shape index (κ1) is 69.2. The average molecular weight is 1380 g/mol. The van der Waals surface area contributed by atoms with E-state index in [0.29, 0.717) is 11.5 Å². The predicted octanol–water partition coefficient (Wildman–Crippen LogP) is 22.6. The van der Waals surface area contributed by atoms with Crippen LogP contribution in [-0.2, 0) is 0 Å². The van der Waals surface area contributed by atoms with E-state index < -0.39 is 0 Å². The summed E-state index contributed by atoms with van der Waals surface area (Å²) >= 11 is 0. The Morgan fingerprint density at radius 1 is 0.115 bits per heavy atom. The molecule has 0 bridgehead atoms. The van der Waals surface area contributed by atoms with Crippen LogP contribution in [0.3, 0.4) is 0 Å². The lowest BCUT2D eigenvalue weighted by Gasteiger charge is -2.34. The van der Waals surface area contributed by atoms with Gasteiger partial charge < -0.3 is 76.8 Å². The first-order chi connectivity index (χ1) is 51.0. The Kier molecular flexibility index (Phi) is 21.2. The highest BCUT2D eigenvalue weighted by molar-refractivity contribution is 5.93. The Hall–Kier alpha value is -13.3. The summed E-state index contributed by atoms with van der Waals surface area (Å²) in [5.74, 6) is 7.23. The SMILES string of the molecule is COc1ccc(N(c2ccc(OC)cc2)c2cc(N(c3ccc(OC)cc3)c3ccc(OC)cc3)cc(N(c3ccc(OC)cc3)c3ccc(N(c4ccc(OC)cc4)c4cc(N(c5ccc(OC)cc5)c5ccc(OC)cc5)cc(N(c5ccc(OC)cc5)c5ccc(OC)cc5)c4)cc3)c2)cc1. The fourth-order valence-electron chi connectivity index (χ4n) is 12.7. The Morgan fingerprint density at radius 3 is 0.269 bits per heavy atom. The molecule has 13 aromatic carbocycles. The molecular weight excluding hydrogens is 1300 g/mol. The first-order valence-electron chi connectivity index (χ1n) is 33.6. The smallest absolute Gasteiger partial charge is 0.119 e. The molecule has 0 atom stereocenters. The van der Waals surface area contributed by atoms with Crippen LogP contribution in [0.4, 0.5) is 102 Å². The van der Waals surface area contributed by atoms with Crippen molar-refractivity contribution in [2.45, 2.75) is 0 Å². The van der Waals surface area contributed by atoms with Crippen LogP contribution in [0.2, 0.25) is 0 Å². The topological polar surface area (TPSA) is 112 Å². The number of rotatable bonds is 28. The minimum Gasteiger partial charge on any atom is -0.497 e. The quantitative estimate of drug-likeness (QED) is 0.0463. The summed E-state index contributed by atoms with van der Waals surface area (Å²) in [6.45, 7) is 0. The van der Waals surface area contributed by atoms with Gasteiger partial charge in [-0.25, -0.2) is 0 Å². The molecule has 16 heteroatoms. The van der Waals surface area contributed by atoms with Crippen molar-refractivity contribution in [3.63, 3.8) is 0 Å². The highest BCUT2D eigenvalue weighted by atomic mass is 16.5. The molecule has 13 aromatic rings. The van der Waals surface area contributed by atoms with Crippen LogP contribution in [0.5, 0.6) is 57.5 Å². The molecule has 0 spiro atoms. The maximum atomic E-state index is 5.84. The minimum absolute atomic E-state index is 0.709. The summed E-state index contributed by atoms with van der Waals surface area (Å²) < 4.78 is 57.6. The van der Waals surface area contributed by atoms with E-state index in [1.807, 2.05) is 121 Å². The number of anilines is 18. The van der Waals surface area contributed by atoms with E-state index in [4.69, 9.17) is 47.4 Å². The number of methoxy groups -OCH3 is 10. The lowest BCUT2D eigenvalue weighted by atomic mass is 10.1. The molecule has 104 heavy (non-hydrogen) atoms. The van der Waals surface area contributed by atoms with Crippen LogP contribution in [0.25, 0.3) is 0 Å². The van der Waals surface area contributed by atoms with Gasteiger partial charge in [0.15, 0.2) is 0 Å². The second kappa shape index (κ2) is 31.9. The fourth-order valence-corrected chi connectivity index (χ4v) is 12.7. The van der Waals surface area contributed by atoms with E-state index in [9.17, 15) is 0 Å². The first-order valence-corrected chi connectivity index (χ1v) is 33.6. The van der Waals surface area contributed by atoms with E-state index in [0.717, 1.165) is 148 Å². The maximum Gasteiger partial charge on any atom is 0.119 e. The van der Waals surface area contributed by atoms with Gasteiger partial charge >= 0.3 is 0 Å². The molecule has 0 radical (unpaired) electrons. The van der Waals surface area contributed by atoms with E-state index in [2.05, 4.69) is 211 Å². The molecule has 0 heterocycles. The molecule has 16 nitrogen and oxygen atoms in total. The summed E-state index contributed by atoms with van der Waals surface area (Å²) in [6.07, 6.45) is 0. The largest absolute Gasteiger partial charge is 0.497 e. The summed E-state index contributed by atoms with van der Waals surface area (Å²) in [6, 6.07) is 103. The predicted molar refractivity (Wildman–Crippen MR) is 420 cm³/mol. The van der Waals surface area contributed by atoms with Crippen LogP contribution in [-0.4, -0.2) is 71.1 Å². The lowest BCUT2D eigenvalue weighted by Crippen LogP contribution is -2.17. The Bertz CT molecular complexity index is 4200. The Balaban J connectivity index is 1.06. The van der Waals surface area contributed by atoms with Crippen molar-refractivity contribution in [3.05, 3.63) is 303 Å². The van der Waals surface area contributed by atoms with Gasteiger partial charge in [0.25, 0.3) is 0 Å². The molecule has 0 aromatic heterocycles. The van der Waals surface area contributed by atoms with Crippen molar-refractivity contribution in [1.29, 1.82) is 0 Å². The van der Waals surface area contributed by atoms with Crippen LogP contribution < -0.4 is 76.8 Å². The summed E-state index contributed by atoms with van der Waals surface area (Å²) in [5.41, 5.74) is 15.5. The number of ether oxygens (including phenoxy) is 10. The Labute approximate surface area is 607 Å². The second-order valence-corrected chi connectivity index (χ2v) is 23.9. The van der Waals surface area contributed by atoms with Gasteiger partial charge in [0, 0.05) is 68.2 Å². The zero-order valence-electron chi connectivity index (χ0n) is 59.6. The van der Waals surface area contributed by atoms with Gasteiger partial charge in [-0.2, -0.15) is 0 Å². The van der Waals surface area contributed by atoms with Crippen molar-refractivity contribution in [2.24, 2.45) is 0 Å². The van der Waals surface area contributed by atoms with Gasteiger partial charge in [0.05, 0.1) is 105 Å². The molecule has 0 N–H and O–H groups in total. The van der Waals surface area contributed by atoms with Crippen molar-refractivity contribution in [3.8, 4) is 57.5 Å². The number of hydrogen-bond acceptors (Lipinski definition) is 16. The van der Waals surface area contributed by atoms with E-state index >= 15 is 0 Å². The molecule has 13 rings (SSSR count). The van der Waals surface area contributed by atoms with Gasteiger partial charge in [-0.15, -0.1) is 0 Å². The third-order valence-corrected chi connectivity index (χ3v) is 18.0. The third-order valence-electron chi connectivity index (χ3n) is 18.0. The van der Waals surface area contributed by atoms with Crippen molar-refractivity contribution in [2.75, 3.05) is 100 Å². The summed E-state index contributed by atoms with van der Waals surface area (Å²) in [5, 5.41) is 0. The number of nitrogens with zero attached hydrogens (tertiary/aromatic N) is 6. The zero-order chi connectivity index (χ0) is 72.1. The molecule has 0 fully saturated rings. The fraction of sp³-hybridized carbons (Fsp3) is 0.114. The normalized spacial score (nSPS) is 10.8. The molecule has 0 aliphatic carbocycles. The van der Waals surface area contributed by atoms with Gasteiger partial charge in [-0.3, -0.25) is 0 Å². The van der Waals surface area contributed by atoms with Crippen LogP contribution >= 0.6 is 0 Å². The van der Waals surface area contributed by atoms with E-state index in [1.54, 1.807) is 71.1 Å². The second-order valence-electron chi connectivity index (χ2n) is 23.9. The van der Waals surface area contributed by atoms with Crippen LogP contribution in [0.1, 0.15) is 0 Å². The van der Waals surface area contributed by atoms with Crippen molar-refractivity contribution < 1.29 is 47.4 Å². The van der Waals surface area contributed by atoms with Gasteiger partial charge in [-0.05, 0) is 303 Å². The molecule has 0 aliphatic heterocycles. The standard InChI is InChI=1S/C88H80N6O10/c1-95-79-35-15-63(16-36-79)89(73-55-75(91(65-19-39-81(97-3)40-20-65)66-21-41-82(98-4)42-22-66)59-76(56-73)92(67-23-43-83(99-5)44-24-67)68-25-45-84(100-6)46-26-68)61-11-13-62(14-12-61)90(64-17-37-80(96-2)38-18-64)74-57-77(93(69-27-47-85(101-7)48-28-69)70-29-49-86(102-8)50-30-70)60-78(58-74)94(71-31-51-87(103-9)52-32-71)72-33-53-88(104-10)54-34-72/h11-60H,1-10H3. The molecule has 0 amide bonds. The number of benzene rings is 13. The lowest BCUT2D eigenvalue weighted by molar-refractivity contribution is 0.414. The van der Waals surface area contributed by atoms with Gasteiger partial charge in [0.2, 0.25) is 0 Å². The highest BCUT2D eigenvalue weighted by Gasteiger charge is 2.27. The van der Waals surface area contributed by atoms with Crippen LogP contribution in [0, 0.1) is 0 Å². The van der Waals surface area contributed by atoms with Gasteiger partial charge in [-0.1, -0.05) is 0 Å². The van der Waals surface area contributed by atoms with Crippen molar-refractivity contribution >= 4 is 102 Å². The monoisotopic (exact) mass is 1380 g/mol. The molecule has 0 unspecified atom stereocenters. The maximum absolute atomic E-state index is 5.84. The molecule has 522 valence electrons. The average Bonchev–Trinajstić information content (AvgIpc) is 0.768. The minimum atomic E-state index is 0.709. The molecular formula is C88H80N6O10. The van der Waals surface area contributed by atoms with E-state index in [1.165, 1.54) is 0 Å². The highest BCUT2D eigenvalue weighted by Crippen LogP contribution is 2.51. The third kappa shape index (κ3) is 15.1. The van der Waals surface area contributed by atoms with Crippen molar-refractivity contribution in [1.82, 2.24) is 0 Å². The molecule has 0 saturated heterocycles. The Morgan fingerprint density at radius 2 is 0.192 bits per heavy atom. The number of hydrogen-bond donors (Lipinski definition) is 0. The van der Waals surface area contributed by atoms with E-state index in [-0.39, 0.29) is 0 Å². The summed E-state index contributed by atoms with van der Waals surface area (Å²) in [4.78, 5) is 13.5. The van der Waals surface area contributed by atoms with Crippen LogP contribution in [0.15, 0.2) is 303 Å². The zero-order valence-corrected chi connectivity index (χ0v) is 59.6.